The van der Waals surface area contributed by atoms with E-state index in [-0.39, 0.29) is 0 Å². The van der Waals surface area contributed by atoms with Crippen LogP contribution in [0.3, 0.4) is 0 Å². The third kappa shape index (κ3) is 1.22. The third-order valence-corrected chi connectivity index (χ3v) is 1.81. The van der Waals surface area contributed by atoms with Crippen LogP contribution in [0.15, 0.2) is 24.7 Å². The van der Waals surface area contributed by atoms with Crippen molar-refractivity contribution < 1.29 is 0 Å². The molecule has 2 heterocycles. The standard InChI is InChI=1S/C6H4N4S/c1-2-7-6(8-3-1)5-4-9-10-11-5/h1-4H. The van der Waals surface area contributed by atoms with Crippen LogP contribution in [0.5, 0.6) is 0 Å². The van der Waals surface area contributed by atoms with Crippen LogP contribution < -0.4 is 0 Å². The van der Waals surface area contributed by atoms with Crippen molar-refractivity contribution in [3.63, 3.8) is 0 Å². The molecule has 5 heteroatoms. The highest BCUT2D eigenvalue weighted by molar-refractivity contribution is 7.09. The van der Waals surface area contributed by atoms with Gasteiger partial charge in [0.05, 0.1) is 6.20 Å². The molecule has 2 rings (SSSR count). The normalized spacial score (nSPS) is 9.82. The van der Waals surface area contributed by atoms with Gasteiger partial charge >= 0.3 is 0 Å². The van der Waals surface area contributed by atoms with Crippen molar-refractivity contribution in [2.24, 2.45) is 0 Å². The van der Waals surface area contributed by atoms with Crippen LogP contribution in [-0.4, -0.2) is 19.6 Å². The van der Waals surface area contributed by atoms with Crippen molar-refractivity contribution in [3.05, 3.63) is 24.7 Å². The lowest BCUT2D eigenvalue weighted by Crippen LogP contribution is -1.82. The van der Waals surface area contributed by atoms with Gasteiger partial charge in [-0.2, -0.15) is 0 Å². The van der Waals surface area contributed by atoms with E-state index in [1.165, 1.54) is 11.5 Å². The quantitative estimate of drug-likeness (QED) is 0.630. The maximum absolute atomic E-state index is 4.04. The molecular weight excluding hydrogens is 160 g/mol. The highest BCUT2D eigenvalue weighted by atomic mass is 32.1. The fourth-order valence-electron chi connectivity index (χ4n) is 0.692. The Bertz CT molecular complexity index is 318. The SMILES string of the molecule is c1cnc(-c2cnns2)nc1. The number of hydrogen-bond donors (Lipinski definition) is 0. The second kappa shape index (κ2) is 2.71. The predicted molar refractivity (Wildman–Crippen MR) is 40.9 cm³/mol. The fraction of sp³-hybridized carbons (Fsp3) is 0. The summed E-state index contributed by atoms with van der Waals surface area (Å²) in [4.78, 5) is 8.98. The summed E-state index contributed by atoms with van der Waals surface area (Å²) in [5, 5.41) is 3.69. The molecule has 0 N–H and O–H groups in total. The Morgan fingerprint density at radius 1 is 1.18 bits per heavy atom. The van der Waals surface area contributed by atoms with Gasteiger partial charge < -0.3 is 0 Å². The summed E-state index contributed by atoms with van der Waals surface area (Å²) >= 11 is 1.29. The van der Waals surface area contributed by atoms with Gasteiger partial charge in [0.2, 0.25) is 0 Å². The predicted octanol–water partition coefficient (Wildman–Crippen LogP) is 0.995. The molecule has 54 valence electrons. The van der Waals surface area contributed by atoms with Crippen LogP contribution in [0.4, 0.5) is 0 Å². The van der Waals surface area contributed by atoms with Crippen molar-refractivity contribution in [2.45, 2.75) is 0 Å². The van der Waals surface area contributed by atoms with Gasteiger partial charge in [0.15, 0.2) is 5.82 Å². The smallest absolute Gasteiger partial charge is 0.172 e. The van der Waals surface area contributed by atoms with E-state index in [1.807, 2.05) is 0 Å². The van der Waals surface area contributed by atoms with E-state index in [9.17, 15) is 0 Å². The highest BCUT2D eigenvalue weighted by Gasteiger charge is 2.00. The van der Waals surface area contributed by atoms with Gasteiger partial charge in [-0.3, -0.25) is 0 Å². The summed E-state index contributed by atoms with van der Waals surface area (Å²) in [6.07, 6.45) is 5.05. The molecule has 2 aromatic heterocycles. The van der Waals surface area contributed by atoms with Crippen molar-refractivity contribution >= 4 is 11.5 Å². The first-order valence-electron chi connectivity index (χ1n) is 3.01. The number of hydrogen-bond acceptors (Lipinski definition) is 5. The number of nitrogens with zero attached hydrogens (tertiary/aromatic N) is 4. The molecule has 0 aliphatic rings. The number of rotatable bonds is 1. The van der Waals surface area contributed by atoms with Gasteiger partial charge in [0.1, 0.15) is 4.88 Å². The maximum Gasteiger partial charge on any atom is 0.172 e. The van der Waals surface area contributed by atoms with Gasteiger partial charge in [-0.1, -0.05) is 4.49 Å². The van der Waals surface area contributed by atoms with Crippen LogP contribution >= 0.6 is 11.5 Å². The first kappa shape index (κ1) is 6.36. The monoisotopic (exact) mass is 164 g/mol. The zero-order valence-corrected chi connectivity index (χ0v) is 6.32. The van der Waals surface area contributed by atoms with Crippen molar-refractivity contribution in [2.75, 3.05) is 0 Å². The second-order valence-electron chi connectivity index (χ2n) is 1.85. The Morgan fingerprint density at radius 2 is 2.00 bits per heavy atom. The zero-order chi connectivity index (χ0) is 7.52. The van der Waals surface area contributed by atoms with Gasteiger partial charge in [-0.15, -0.1) is 5.10 Å². The van der Waals surface area contributed by atoms with Crippen LogP contribution in [0.1, 0.15) is 0 Å². The topological polar surface area (TPSA) is 51.6 Å². The Hall–Kier alpha value is -1.36. The molecule has 0 saturated heterocycles. The first-order chi connectivity index (χ1) is 5.47. The fourth-order valence-corrected chi connectivity index (χ4v) is 1.16. The van der Waals surface area contributed by atoms with Crippen molar-refractivity contribution in [1.82, 2.24) is 19.6 Å². The average Bonchev–Trinajstić information content (AvgIpc) is 2.58. The van der Waals surface area contributed by atoms with Crippen molar-refractivity contribution in [1.29, 1.82) is 0 Å². The van der Waals surface area contributed by atoms with Crippen LogP contribution in [0, 0.1) is 0 Å². The van der Waals surface area contributed by atoms with E-state index in [1.54, 1.807) is 24.7 Å². The van der Waals surface area contributed by atoms with E-state index in [4.69, 9.17) is 0 Å². The van der Waals surface area contributed by atoms with Gasteiger partial charge in [-0.25, -0.2) is 9.97 Å². The Kier molecular flexibility index (Phi) is 1.57. The highest BCUT2D eigenvalue weighted by Crippen LogP contribution is 2.14. The van der Waals surface area contributed by atoms with E-state index in [0.29, 0.717) is 5.82 Å². The average molecular weight is 164 g/mol. The summed E-state index contributed by atoms with van der Waals surface area (Å²) in [6, 6.07) is 1.78. The molecule has 2 aromatic rings. The summed E-state index contributed by atoms with van der Waals surface area (Å²) in [6.45, 7) is 0. The van der Waals surface area contributed by atoms with Crippen LogP contribution in [0.2, 0.25) is 0 Å². The molecule has 0 atom stereocenters. The van der Waals surface area contributed by atoms with E-state index >= 15 is 0 Å². The summed E-state index contributed by atoms with van der Waals surface area (Å²) in [5.74, 6) is 0.683. The Labute approximate surface area is 67.1 Å². The summed E-state index contributed by atoms with van der Waals surface area (Å²) < 4.78 is 3.71. The molecule has 0 aromatic carbocycles. The molecule has 11 heavy (non-hydrogen) atoms. The lowest BCUT2D eigenvalue weighted by molar-refractivity contribution is 1.14. The van der Waals surface area contributed by atoms with Crippen LogP contribution in [-0.2, 0) is 0 Å². The Morgan fingerprint density at radius 3 is 2.64 bits per heavy atom. The van der Waals surface area contributed by atoms with E-state index < -0.39 is 0 Å². The van der Waals surface area contributed by atoms with Gasteiger partial charge in [0.25, 0.3) is 0 Å². The molecule has 0 amide bonds. The van der Waals surface area contributed by atoms with Gasteiger partial charge in [0, 0.05) is 12.4 Å². The minimum Gasteiger partial charge on any atom is -0.236 e. The lowest BCUT2D eigenvalue weighted by Gasteiger charge is -1.88. The molecule has 0 aliphatic heterocycles. The second-order valence-corrected chi connectivity index (χ2v) is 2.64. The Balaban J connectivity index is 2.46. The molecular formula is C6H4N4S. The minimum atomic E-state index is 0.683. The van der Waals surface area contributed by atoms with E-state index in [2.05, 4.69) is 19.6 Å². The summed E-state index contributed by atoms with van der Waals surface area (Å²) in [7, 11) is 0. The molecule has 0 radical (unpaired) electrons. The molecule has 0 spiro atoms. The third-order valence-electron chi connectivity index (χ3n) is 1.15. The minimum absolute atomic E-state index is 0.683. The van der Waals surface area contributed by atoms with Gasteiger partial charge in [-0.05, 0) is 17.6 Å². The van der Waals surface area contributed by atoms with Crippen LogP contribution in [0.25, 0.3) is 10.7 Å². The number of aromatic nitrogens is 4. The lowest BCUT2D eigenvalue weighted by atomic mass is 10.5. The molecule has 0 fully saturated rings. The molecule has 0 saturated carbocycles. The molecule has 0 unspecified atom stereocenters. The largest absolute Gasteiger partial charge is 0.236 e. The first-order valence-corrected chi connectivity index (χ1v) is 3.79. The maximum atomic E-state index is 4.04. The van der Waals surface area contributed by atoms with E-state index in [0.717, 1.165) is 4.88 Å². The zero-order valence-electron chi connectivity index (χ0n) is 5.51. The molecule has 0 aliphatic carbocycles. The van der Waals surface area contributed by atoms with Crippen molar-refractivity contribution in [3.8, 4) is 10.7 Å². The summed E-state index contributed by atoms with van der Waals surface area (Å²) in [5.41, 5.74) is 0. The molecule has 0 bridgehead atoms. The molecule has 4 nitrogen and oxygen atoms in total.